The summed E-state index contributed by atoms with van der Waals surface area (Å²) < 4.78 is 0. The number of hydrogen-bond acceptors (Lipinski definition) is 0. The van der Waals surface area contributed by atoms with Crippen LogP contribution in [0.25, 0.3) is 43.6 Å². The fraction of sp³-hybridized carbons (Fsp3) is 0. The zero-order chi connectivity index (χ0) is 17.8. The highest BCUT2D eigenvalue weighted by molar-refractivity contribution is 6.73. The molecule has 6 rings (SSSR count). The van der Waals surface area contributed by atoms with Crippen LogP contribution in [-0.4, -0.2) is 19.5 Å². The molecule has 2 N–H and O–H groups in total. The van der Waals surface area contributed by atoms with E-state index in [4.69, 9.17) is 0 Å². The van der Waals surface area contributed by atoms with Crippen molar-refractivity contribution in [1.29, 1.82) is 0 Å². The summed E-state index contributed by atoms with van der Waals surface area (Å²) in [5.41, 5.74) is 4.84. The highest BCUT2D eigenvalue weighted by Gasteiger charge is 2.13. The molecule has 0 saturated carbocycles. The first-order valence-corrected chi connectivity index (χ1v) is 10.1. The van der Waals surface area contributed by atoms with Crippen molar-refractivity contribution in [3.05, 3.63) is 84.9 Å². The summed E-state index contributed by atoms with van der Waals surface area (Å²) in [7, 11) is 0.605. The number of aromatic amines is 2. The lowest BCUT2D eigenvalue weighted by molar-refractivity contribution is 1.55. The first-order valence-electron chi connectivity index (χ1n) is 9.14. The van der Waals surface area contributed by atoms with E-state index in [1.54, 1.807) is 0 Å². The van der Waals surface area contributed by atoms with Gasteiger partial charge in [0.15, 0.2) is 0 Å². The summed E-state index contributed by atoms with van der Waals surface area (Å²) in [6, 6.07) is 30.4. The highest BCUT2D eigenvalue weighted by atomic mass is 28.2. The molecule has 0 unspecified atom stereocenters. The van der Waals surface area contributed by atoms with Gasteiger partial charge in [0.1, 0.15) is 9.52 Å². The molecule has 4 aromatic carbocycles. The molecular weight excluding hydrogens is 344 g/mol. The van der Waals surface area contributed by atoms with Gasteiger partial charge in [-0.3, -0.25) is 0 Å². The second-order valence-corrected chi connectivity index (χ2v) is 8.25. The maximum Gasteiger partial charge on any atom is 0.123 e. The van der Waals surface area contributed by atoms with E-state index in [2.05, 4.69) is 94.9 Å². The lowest BCUT2D eigenvalue weighted by atomic mass is 10.1. The monoisotopic (exact) mass is 360 g/mol. The molecule has 0 saturated heterocycles. The smallest absolute Gasteiger partial charge is 0.123 e. The van der Waals surface area contributed by atoms with Gasteiger partial charge in [-0.15, -0.1) is 0 Å². The standard InChI is InChI=1S/C24H16N2Si/c1-3-9-17-15(7-1)23-19(25-17)11-5-13-21(23)27-22-14-6-12-20-24(22)16-8-2-4-10-18(16)26-20/h1-14,25-26H. The fourth-order valence-corrected chi connectivity index (χ4v) is 5.60. The number of nitrogens with one attached hydrogen (secondary N) is 2. The predicted octanol–water partition coefficient (Wildman–Crippen LogP) is 4.61. The largest absolute Gasteiger partial charge is 0.355 e. The van der Waals surface area contributed by atoms with Gasteiger partial charge in [-0.05, 0) is 34.6 Å². The van der Waals surface area contributed by atoms with Crippen LogP contribution in [0.1, 0.15) is 0 Å². The molecule has 0 aliphatic carbocycles. The Labute approximate surface area is 158 Å². The van der Waals surface area contributed by atoms with Crippen molar-refractivity contribution in [1.82, 2.24) is 9.97 Å². The predicted molar refractivity (Wildman–Crippen MR) is 117 cm³/mol. The van der Waals surface area contributed by atoms with E-state index >= 15 is 0 Å². The van der Waals surface area contributed by atoms with E-state index in [0.29, 0.717) is 9.52 Å². The Bertz CT molecular complexity index is 1340. The van der Waals surface area contributed by atoms with Gasteiger partial charge in [0, 0.05) is 43.6 Å². The topological polar surface area (TPSA) is 31.6 Å². The van der Waals surface area contributed by atoms with Crippen LogP contribution in [0, 0.1) is 0 Å². The van der Waals surface area contributed by atoms with Gasteiger partial charge in [0.2, 0.25) is 0 Å². The molecule has 2 aromatic heterocycles. The van der Waals surface area contributed by atoms with Gasteiger partial charge in [0.05, 0.1) is 0 Å². The zero-order valence-electron chi connectivity index (χ0n) is 14.6. The molecular formula is C24H16N2Si. The molecule has 0 aliphatic rings. The molecule has 6 aromatic rings. The van der Waals surface area contributed by atoms with Crippen LogP contribution >= 0.6 is 0 Å². The van der Waals surface area contributed by atoms with E-state index in [0.717, 1.165) is 0 Å². The van der Waals surface area contributed by atoms with Crippen molar-refractivity contribution in [2.75, 3.05) is 0 Å². The second-order valence-electron chi connectivity index (χ2n) is 6.92. The molecule has 0 amide bonds. The maximum atomic E-state index is 3.56. The van der Waals surface area contributed by atoms with Crippen LogP contribution in [0.3, 0.4) is 0 Å². The molecule has 3 heteroatoms. The molecule has 2 heterocycles. The first kappa shape index (κ1) is 14.8. The van der Waals surface area contributed by atoms with Crippen LogP contribution < -0.4 is 10.4 Å². The van der Waals surface area contributed by atoms with Gasteiger partial charge in [-0.2, -0.15) is 0 Å². The molecule has 27 heavy (non-hydrogen) atoms. The number of aromatic nitrogens is 2. The van der Waals surface area contributed by atoms with E-state index in [9.17, 15) is 0 Å². The van der Waals surface area contributed by atoms with E-state index in [1.165, 1.54) is 54.0 Å². The van der Waals surface area contributed by atoms with Crippen molar-refractivity contribution in [3.8, 4) is 0 Å². The normalized spacial score (nSPS) is 11.9. The summed E-state index contributed by atoms with van der Waals surface area (Å²) >= 11 is 0. The summed E-state index contributed by atoms with van der Waals surface area (Å²) in [6.07, 6.45) is 0. The molecule has 0 bridgehead atoms. The fourth-order valence-electron chi connectivity index (χ4n) is 4.16. The molecule has 0 spiro atoms. The molecule has 0 fully saturated rings. The Morgan fingerprint density at radius 2 is 0.889 bits per heavy atom. The van der Waals surface area contributed by atoms with Gasteiger partial charge in [0.25, 0.3) is 0 Å². The number of para-hydroxylation sites is 2. The van der Waals surface area contributed by atoms with Gasteiger partial charge in [-0.25, -0.2) is 0 Å². The Morgan fingerprint density at radius 3 is 1.41 bits per heavy atom. The third-order valence-electron chi connectivity index (χ3n) is 5.33. The number of fused-ring (bicyclic) bond motifs is 6. The second kappa shape index (κ2) is 5.60. The molecule has 126 valence electrons. The molecule has 0 atom stereocenters. The average Bonchev–Trinajstić information content (AvgIpc) is 3.27. The quantitative estimate of drug-likeness (QED) is 0.423. The number of rotatable bonds is 2. The number of H-pyrrole nitrogens is 2. The third-order valence-corrected chi connectivity index (χ3v) is 6.70. The number of hydrogen-bond donors (Lipinski definition) is 2. The summed E-state index contributed by atoms with van der Waals surface area (Å²) in [6.45, 7) is 0. The van der Waals surface area contributed by atoms with Crippen molar-refractivity contribution >= 4 is 63.5 Å². The molecule has 2 nitrogen and oxygen atoms in total. The van der Waals surface area contributed by atoms with Crippen molar-refractivity contribution in [2.24, 2.45) is 0 Å². The average molecular weight is 360 g/mol. The summed E-state index contributed by atoms with van der Waals surface area (Å²) in [5, 5.41) is 8.10. The van der Waals surface area contributed by atoms with Gasteiger partial charge >= 0.3 is 0 Å². The van der Waals surface area contributed by atoms with Crippen molar-refractivity contribution in [2.45, 2.75) is 0 Å². The summed E-state index contributed by atoms with van der Waals surface area (Å²) in [5.74, 6) is 0. The molecule has 0 aliphatic heterocycles. The van der Waals surface area contributed by atoms with Gasteiger partial charge in [-0.1, -0.05) is 60.7 Å². The van der Waals surface area contributed by atoms with E-state index in [1.807, 2.05) is 0 Å². The SMILES string of the molecule is c1ccc2c(c1)[nH]c1cccc([Si]c3cccc4[nH]c5ccccc5c34)c12. The Kier molecular flexibility index (Phi) is 3.07. The number of benzene rings is 4. The lowest BCUT2D eigenvalue weighted by Gasteiger charge is -2.06. The molecule has 2 radical (unpaired) electrons. The van der Waals surface area contributed by atoms with Crippen LogP contribution in [-0.2, 0) is 0 Å². The first-order chi connectivity index (χ1) is 13.4. The van der Waals surface area contributed by atoms with Gasteiger partial charge < -0.3 is 9.97 Å². The Morgan fingerprint density at radius 1 is 0.444 bits per heavy atom. The van der Waals surface area contributed by atoms with Crippen molar-refractivity contribution < 1.29 is 0 Å². The van der Waals surface area contributed by atoms with E-state index in [-0.39, 0.29) is 0 Å². The van der Waals surface area contributed by atoms with Crippen LogP contribution in [0.15, 0.2) is 84.9 Å². The zero-order valence-corrected chi connectivity index (χ0v) is 15.6. The minimum Gasteiger partial charge on any atom is -0.355 e. The third kappa shape index (κ3) is 2.19. The minimum atomic E-state index is 0.605. The minimum absolute atomic E-state index is 0.605. The van der Waals surface area contributed by atoms with Crippen LogP contribution in [0.2, 0.25) is 0 Å². The maximum absolute atomic E-state index is 3.56. The van der Waals surface area contributed by atoms with E-state index < -0.39 is 0 Å². The summed E-state index contributed by atoms with van der Waals surface area (Å²) in [4.78, 5) is 7.13. The van der Waals surface area contributed by atoms with Crippen LogP contribution in [0.5, 0.6) is 0 Å². The Balaban J connectivity index is 1.62. The lowest BCUT2D eigenvalue weighted by Crippen LogP contribution is -2.28. The Hall–Kier alpha value is -3.30. The van der Waals surface area contributed by atoms with Crippen LogP contribution in [0.4, 0.5) is 0 Å². The van der Waals surface area contributed by atoms with Crippen molar-refractivity contribution in [3.63, 3.8) is 0 Å². The highest BCUT2D eigenvalue weighted by Crippen LogP contribution is 2.25.